The van der Waals surface area contributed by atoms with E-state index < -0.39 is 0 Å². The molecule has 3 nitrogen and oxygen atoms in total. The molecule has 0 aromatic heterocycles. The minimum Gasteiger partial charge on any atom is -0.377 e. The van der Waals surface area contributed by atoms with E-state index in [4.69, 9.17) is 4.74 Å². The van der Waals surface area contributed by atoms with Crippen LogP contribution in [0.1, 0.15) is 26.2 Å². The summed E-state index contributed by atoms with van der Waals surface area (Å²) in [5, 5.41) is 7.05. The molecule has 2 unspecified atom stereocenters. The Bertz CT molecular complexity index is 169. The van der Waals surface area contributed by atoms with Crippen molar-refractivity contribution in [2.45, 2.75) is 38.3 Å². The lowest BCUT2D eigenvalue weighted by molar-refractivity contribution is 0.112. The van der Waals surface area contributed by atoms with E-state index in [9.17, 15) is 0 Å². The highest BCUT2D eigenvalue weighted by molar-refractivity contribution is 4.81. The summed E-state index contributed by atoms with van der Waals surface area (Å²) in [6.45, 7) is 6.68. The molecule has 3 heteroatoms. The number of ether oxygens (including phenoxy) is 1. The van der Waals surface area contributed by atoms with E-state index in [1.165, 1.54) is 38.9 Å². The Balaban J connectivity index is 1.65. The first-order chi connectivity index (χ1) is 6.86. The molecule has 0 aliphatic carbocycles. The van der Waals surface area contributed by atoms with Gasteiger partial charge in [-0.05, 0) is 51.7 Å². The van der Waals surface area contributed by atoms with Crippen molar-refractivity contribution in [3.05, 3.63) is 0 Å². The van der Waals surface area contributed by atoms with Crippen LogP contribution in [-0.4, -0.2) is 38.4 Å². The fourth-order valence-electron chi connectivity index (χ4n) is 2.40. The zero-order valence-corrected chi connectivity index (χ0v) is 9.09. The molecule has 0 bridgehead atoms. The normalized spacial score (nSPS) is 34.9. The monoisotopic (exact) mass is 198 g/mol. The smallest absolute Gasteiger partial charge is 0.0700 e. The summed E-state index contributed by atoms with van der Waals surface area (Å²) in [6.07, 6.45) is 4.26. The van der Waals surface area contributed by atoms with Crippen LogP contribution in [-0.2, 0) is 4.74 Å². The number of hydrogen-bond acceptors (Lipinski definition) is 3. The first-order valence-electron chi connectivity index (χ1n) is 5.92. The van der Waals surface area contributed by atoms with Gasteiger partial charge in [-0.25, -0.2) is 0 Å². The van der Waals surface area contributed by atoms with Gasteiger partial charge in [-0.2, -0.15) is 0 Å². The standard InChI is InChI=1S/C11H22N2O/c1-9-11(4-7-14-9)13-8-10-2-5-12-6-3-10/h9-13H,2-8H2,1H3. The molecule has 2 aliphatic rings. The molecular weight excluding hydrogens is 176 g/mol. The summed E-state index contributed by atoms with van der Waals surface area (Å²) < 4.78 is 5.53. The van der Waals surface area contributed by atoms with Gasteiger partial charge in [0.2, 0.25) is 0 Å². The molecule has 2 N–H and O–H groups in total. The molecule has 2 fully saturated rings. The van der Waals surface area contributed by atoms with E-state index in [-0.39, 0.29) is 0 Å². The van der Waals surface area contributed by atoms with Crippen LogP contribution < -0.4 is 10.6 Å². The van der Waals surface area contributed by atoms with Crippen molar-refractivity contribution in [1.82, 2.24) is 10.6 Å². The predicted molar refractivity (Wildman–Crippen MR) is 57.4 cm³/mol. The molecule has 2 saturated heterocycles. The van der Waals surface area contributed by atoms with Gasteiger partial charge in [0.15, 0.2) is 0 Å². The first kappa shape index (κ1) is 10.4. The quantitative estimate of drug-likeness (QED) is 0.702. The van der Waals surface area contributed by atoms with Crippen LogP contribution >= 0.6 is 0 Å². The van der Waals surface area contributed by atoms with E-state index >= 15 is 0 Å². The van der Waals surface area contributed by atoms with Crippen molar-refractivity contribution in [2.24, 2.45) is 5.92 Å². The SMILES string of the molecule is CC1OCCC1NCC1CCNCC1. The molecule has 2 atom stereocenters. The Kier molecular flexibility index (Phi) is 3.79. The summed E-state index contributed by atoms with van der Waals surface area (Å²) in [5.41, 5.74) is 0. The van der Waals surface area contributed by atoms with Gasteiger partial charge >= 0.3 is 0 Å². The molecule has 0 aromatic rings. The van der Waals surface area contributed by atoms with E-state index in [2.05, 4.69) is 17.6 Å². The minimum absolute atomic E-state index is 0.414. The van der Waals surface area contributed by atoms with Gasteiger partial charge in [0, 0.05) is 12.6 Å². The fraction of sp³-hybridized carbons (Fsp3) is 1.00. The molecule has 82 valence electrons. The molecule has 2 aliphatic heterocycles. The second-order valence-corrected chi connectivity index (χ2v) is 4.57. The highest BCUT2D eigenvalue weighted by atomic mass is 16.5. The topological polar surface area (TPSA) is 33.3 Å². The molecule has 0 saturated carbocycles. The maximum atomic E-state index is 5.53. The van der Waals surface area contributed by atoms with Crippen LogP contribution in [0.4, 0.5) is 0 Å². The zero-order chi connectivity index (χ0) is 9.80. The van der Waals surface area contributed by atoms with Crippen molar-refractivity contribution >= 4 is 0 Å². The van der Waals surface area contributed by atoms with Gasteiger partial charge in [0.1, 0.15) is 0 Å². The third-order valence-electron chi connectivity index (χ3n) is 3.50. The van der Waals surface area contributed by atoms with Crippen LogP contribution in [0.25, 0.3) is 0 Å². The Hall–Kier alpha value is -0.120. The maximum absolute atomic E-state index is 5.53. The Morgan fingerprint density at radius 3 is 2.71 bits per heavy atom. The number of piperidine rings is 1. The number of rotatable bonds is 3. The van der Waals surface area contributed by atoms with Gasteiger partial charge in [0.05, 0.1) is 6.10 Å². The number of hydrogen-bond donors (Lipinski definition) is 2. The maximum Gasteiger partial charge on any atom is 0.0700 e. The highest BCUT2D eigenvalue weighted by Gasteiger charge is 2.24. The highest BCUT2D eigenvalue weighted by Crippen LogP contribution is 2.15. The van der Waals surface area contributed by atoms with E-state index in [1.807, 2.05) is 0 Å². The van der Waals surface area contributed by atoms with Crippen molar-refractivity contribution in [1.29, 1.82) is 0 Å². The molecule has 2 heterocycles. The average molecular weight is 198 g/mol. The van der Waals surface area contributed by atoms with E-state index in [0.717, 1.165) is 12.5 Å². The summed E-state index contributed by atoms with van der Waals surface area (Å²) >= 11 is 0. The van der Waals surface area contributed by atoms with Gasteiger partial charge in [-0.3, -0.25) is 0 Å². The number of nitrogens with one attached hydrogen (secondary N) is 2. The Labute approximate surface area is 86.6 Å². The van der Waals surface area contributed by atoms with Gasteiger partial charge in [0.25, 0.3) is 0 Å². The van der Waals surface area contributed by atoms with E-state index in [1.54, 1.807) is 0 Å². The van der Waals surface area contributed by atoms with Crippen LogP contribution in [0.2, 0.25) is 0 Å². The molecule has 0 amide bonds. The lowest BCUT2D eigenvalue weighted by Crippen LogP contribution is -2.40. The predicted octanol–water partition coefficient (Wildman–Crippen LogP) is 0.753. The van der Waals surface area contributed by atoms with E-state index in [0.29, 0.717) is 12.1 Å². The summed E-state index contributed by atoms with van der Waals surface area (Å²) in [5.74, 6) is 0.879. The lowest BCUT2D eigenvalue weighted by atomic mass is 9.97. The van der Waals surface area contributed by atoms with Crippen LogP contribution in [0.5, 0.6) is 0 Å². The lowest BCUT2D eigenvalue weighted by Gasteiger charge is -2.25. The van der Waals surface area contributed by atoms with Crippen molar-refractivity contribution in [3.63, 3.8) is 0 Å². The minimum atomic E-state index is 0.414. The molecule has 2 rings (SSSR count). The summed E-state index contributed by atoms with van der Waals surface area (Å²) in [6, 6.07) is 0.602. The van der Waals surface area contributed by atoms with Crippen LogP contribution in [0.3, 0.4) is 0 Å². The third kappa shape index (κ3) is 2.69. The summed E-state index contributed by atoms with van der Waals surface area (Å²) in [4.78, 5) is 0. The van der Waals surface area contributed by atoms with Crippen molar-refractivity contribution < 1.29 is 4.74 Å². The molecule has 0 aromatic carbocycles. The molecule has 0 radical (unpaired) electrons. The fourth-order valence-corrected chi connectivity index (χ4v) is 2.40. The second kappa shape index (κ2) is 5.10. The third-order valence-corrected chi connectivity index (χ3v) is 3.50. The average Bonchev–Trinajstić information content (AvgIpc) is 2.63. The van der Waals surface area contributed by atoms with Crippen molar-refractivity contribution in [3.8, 4) is 0 Å². The second-order valence-electron chi connectivity index (χ2n) is 4.57. The molecule has 14 heavy (non-hydrogen) atoms. The van der Waals surface area contributed by atoms with Gasteiger partial charge < -0.3 is 15.4 Å². The molecular formula is C11H22N2O. The molecule has 0 spiro atoms. The van der Waals surface area contributed by atoms with Crippen LogP contribution in [0.15, 0.2) is 0 Å². The van der Waals surface area contributed by atoms with Gasteiger partial charge in [-0.15, -0.1) is 0 Å². The van der Waals surface area contributed by atoms with Crippen LogP contribution in [0, 0.1) is 5.92 Å². The largest absolute Gasteiger partial charge is 0.377 e. The first-order valence-corrected chi connectivity index (χ1v) is 5.92. The zero-order valence-electron chi connectivity index (χ0n) is 9.09. The van der Waals surface area contributed by atoms with Gasteiger partial charge in [-0.1, -0.05) is 0 Å². The Morgan fingerprint density at radius 2 is 2.07 bits per heavy atom. The summed E-state index contributed by atoms with van der Waals surface area (Å²) in [7, 11) is 0. The van der Waals surface area contributed by atoms with Crippen molar-refractivity contribution in [2.75, 3.05) is 26.2 Å². The Morgan fingerprint density at radius 1 is 1.29 bits per heavy atom.